The van der Waals surface area contributed by atoms with Crippen LogP contribution in [0.25, 0.3) is 27.9 Å². The number of aryl methyl sites for hydroxylation is 1. The lowest BCUT2D eigenvalue weighted by molar-refractivity contribution is -0.132. The molecule has 5 aromatic carbocycles. The van der Waals surface area contributed by atoms with Crippen LogP contribution in [0.4, 0.5) is 20.3 Å². The number of carbonyl (C=O) groups is 2. The van der Waals surface area contributed by atoms with E-state index in [-0.39, 0.29) is 44.3 Å². The Morgan fingerprint density at radius 3 is 1.94 bits per heavy atom. The van der Waals surface area contributed by atoms with Gasteiger partial charge in [-0.3, -0.25) is 19.2 Å². The lowest BCUT2D eigenvalue weighted by atomic mass is 9.77. The average Bonchev–Trinajstić information content (AvgIpc) is 4.16. The van der Waals surface area contributed by atoms with Gasteiger partial charge in [-0.25, -0.2) is 18.4 Å². The highest BCUT2D eigenvalue weighted by Gasteiger charge is 2.51. The largest absolute Gasteiger partial charge is 0.354 e. The molecule has 67 heavy (non-hydrogen) atoms. The summed E-state index contributed by atoms with van der Waals surface area (Å²) in [6, 6.07) is 45.3. The van der Waals surface area contributed by atoms with Crippen molar-refractivity contribution in [1.82, 2.24) is 34.3 Å². The fourth-order valence-electron chi connectivity index (χ4n) is 11.0. The molecule has 0 unspecified atom stereocenters. The zero-order valence-electron chi connectivity index (χ0n) is 37.6. The molecule has 0 radical (unpaired) electrons. The first-order valence-electron chi connectivity index (χ1n) is 23.4. The van der Waals surface area contributed by atoms with Crippen LogP contribution in [0.3, 0.4) is 0 Å². The first-order chi connectivity index (χ1) is 32.6. The van der Waals surface area contributed by atoms with Gasteiger partial charge >= 0.3 is 0 Å². The van der Waals surface area contributed by atoms with Crippen LogP contribution in [0.15, 0.2) is 146 Å². The maximum atomic E-state index is 14.7. The van der Waals surface area contributed by atoms with Crippen molar-refractivity contribution in [3.05, 3.63) is 168 Å². The number of amides is 2. The van der Waals surface area contributed by atoms with Crippen molar-refractivity contribution < 1.29 is 18.4 Å². The Labute approximate surface area is 388 Å². The third-order valence-electron chi connectivity index (χ3n) is 14.6. The molecule has 0 bridgehead atoms. The number of carbonyl (C=O) groups excluding carboxylic acids is 2. The van der Waals surface area contributed by atoms with E-state index in [1.807, 2.05) is 107 Å². The van der Waals surface area contributed by atoms with Gasteiger partial charge in [0, 0.05) is 75.8 Å². The molecule has 340 valence electrons. The van der Waals surface area contributed by atoms with Crippen LogP contribution < -0.4 is 9.80 Å². The number of halogens is 2. The van der Waals surface area contributed by atoms with E-state index in [9.17, 15) is 18.4 Å². The minimum Gasteiger partial charge on any atom is -0.354 e. The molecular formula is C54H53F2N9O2. The van der Waals surface area contributed by atoms with E-state index in [0.29, 0.717) is 57.2 Å². The highest BCUT2D eigenvalue weighted by Crippen LogP contribution is 2.47. The van der Waals surface area contributed by atoms with E-state index >= 15 is 0 Å². The molecule has 4 aliphatic rings. The molecule has 1 atom stereocenters. The van der Waals surface area contributed by atoms with Gasteiger partial charge in [-0.05, 0) is 71.8 Å². The summed E-state index contributed by atoms with van der Waals surface area (Å²) in [7, 11) is 1.85. The molecule has 6 heterocycles. The third kappa shape index (κ3) is 7.68. The summed E-state index contributed by atoms with van der Waals surface area (Å²) in [6.07, 6.45) is 5.46. The van der Waals surface area contributed by atoms with E-state index in [1.54, 1.807) is 11.0 Å². The summed E-state index contributed by atoms with van der Waals surface area (Å²) in [5.74, 6) is -1.27. The monoisotopic (exact) mass is 897 g/mol. The van der Waals surface area contributed by atoms with Crippen molar-refractivity contribution >= 4 is 39.8 Å². The van der Waals surface area contributed by atoms with Crippen molar-refractivity contribution in [3.63, 3.8) is 0 Å². The molecule has 13 heteroatoms. The standard InChI is InChI=1S/C54H53F2N9O2/c1-60-38-57-49(58-60)41-19-17-39(18-20-41)40-23-29-62(30-24-40)48(66)36-61-31-25-52(37-61)26-34-64(51(52)67)45-21-22-47-46(35-45)50(63-32-27-53(55,56)28-33-63)59-65(47)54(42-11-5-2-6-12-42,43-13-7-3-8-14-43)44-15-9-4-10-16-44/h2-23,35,38H,24-34,36-37H2,1H3/t52-/m0/s1. The van der Waals surface area contributed by atoms with E-state index in [2.05, 4.69) is 74.3 Å². The van der Waals surface area contributed by atoms with E-state index < -0.39 is 16.9 Å². The number of alkyl halides is 2. The van der Waals surface area contributed by atoms with Crippen molar-refractivity contribution in [2.45, 2.75) is 43.6 Å². The SMILES string of the molecule is Cn1cnc(-c2ccc(C3=CCN(C(=O)CN4CC[C@]5(CCN(c6ccc7c(c6)c(N6CCC(F)(F)CC6)nn7C(c6ccccc6)(c6ccccc6)c6ccccc6)C5=O)C4)CC3)cc2)n1. The van der Waals surface area contributed by atoms with Crippen molar-refractivity contribution in [3.8, 4) is 11.4 Å². The Morgan fingerprint density at radius 2 is 1.34 bits per heavy atom. The van der Waals surface area contributed by atoms with Gasteiger partial charge in [0.05, 0.1) is 17.5 Å². The summed E-state index contributed by atoms with van der Waals surface area (Å²) >= 11 is 0. The summed E-state index contributed by atoms with van der Waals surface area (Å²) in [4.78, 5) is 40.8. The zero-order valence-corrected chi connectivity index (χ0v) is 37.6. The van der Waals surface area contributed by atoms with Gasteiger partial charge in [-0.15, -0.1) is 0 Å². The molecule has 0 aliphatic carbocycles. The number of rotatable bonds is 10. The normalized spacial score (nSPS) is 20.0. The zero-order chi connectivity index (χ0) is 45.8. The predicted molar refractivity (Wildman–Crippen MR) is 257 cm³/mol. The lowest BCUT2D eigenvalue weighted by Gasteiger charge is -2.37. The molecule has 3 saturated heterocycles. The molecule has 3 fully saturated rings. The minimum atomic E-state index is -2.74. The number of benzene rings is 5. The number of aromatic nitrogens is 5. The van der Waals surface area contributed by atoms with E-state index in [4.69, 9.17) is 5.10 Å². The fourth-order valence-corrected chi connectivity index (χ4v) is 11.0. The van der Waals surface area contributed by atoms with Crippen molar-refractivity contribution in [2.24, 2.45) is 12.5 Å². The lowest BCUT2D eigenvalue weighted by Crippen LogP contribution is -2.43. The molecule has 1 spiro atoms. The van der Waals surface area contributed by atoms with E-state index in [0.717, 1.165) is 50.8 Å². The van der Waals surface area contributed by atoms with E-state index in [1.165, 1.54) is 5.57 Å². The Morgan fingerprint density at radius 1 is 0.716 bits per heavy atom. The quantitative estimate of drug-likeness (QED) is 0.127. The Balaban J connectivity index is 0.858. The molecule has 7 aromatic rings. The summed E-state index contributed by atoms with van der Waals surface area (Å²) in [5, 5.41) is 10.7. The predicted octanol–water partition coefficient (Wildman–Crippen LogP) is 8.65. The van der Waals surface area contributed by atoms with Crippen molar-refractivity contribution in [1.29, 1.82) is 0 Å². The number of likely N-dealkylation sites (tertiary alicyclic amines) is 1. The number of piperidine rings is 1. The van der Waals surface area contributed by atoms with Crippen LogP contribution in [-0.2, 0) is 22.2 Å². The van der Waals surface area contributed by atoms with Crippen LogP contribution in [-0.4, -0.2) is 104 Å². The minimum absolute atomic E-state index is 0.0657. The van der Waals surface area contributed by atoms with Crippen LogP contribution >= 0.6 is 0 Å². The summed E-state index contributed by atoms with van der Waals surface area (Å²) < 4.78 is 33.2. The van der Waals surface area contributed by atoms with Gasteiger partial charge in [0.1, 0.15) is 11.9 Å². The molecule has 11 rings (SSSR count). The number of anilines is 2. The Kier molecular flexibility index (Phi) is 10.8. The molecule has 0 N–H and O–H groups in total. The Hall–Kier alpha value is -6.99. The van der Waals surface area contributed by atoms with Gasteiger partial charge in [-0.1, -0.05) is 121 Å². The maximum absolute atomic E-state index is 14.7. The molecular weight excluding hydrogens is 845 g/mol. The van der Waals surface area contributed by atoms with Crippen molar-refractivity contribution in [2.75, 3.05) is 62.2 Å². The molecule has 0 saturated carbocycles. The fraction of sp³-hybridized carbons (Fsp3) is 0.315. The second kappa shape index (κ2) is 17.0. The topological polar surface area (TPSA) is 95.6 Å². The van der Waals surface area contributed by atoms with Gasteiger partial charge < -0.3 is 14.7 Å². The number of fused-ring (bicyclic) bond motifs is 1. The second-order valence-corrected chi connectivity index (χ2v) is 18.7. The number of nitrogens with zero attached hydrogens (tertiary/aromatic N) is 9. The highest BCUT2D eigenvalue weighted by atomic mass is 19.3. The summed E-state index contributed by atoms with van der Waals surface area (Å²) in [5.41, 5.74) is 6.39. The number of hydrogen-bond acceptors (Lipinski definition) is 7. The first-order valence-corrected chi connectivity index (χ1v) is 23.4. The van der Waals surface area contributed by atoms with Gasteiger partial charge in [0.25, 0.3) is 5.92 Å². The van der Waals surface area contributed by atoms with Crippen LogP contribution in [0.5, 0.6) is 0 Å². The van der Waals surface area contributed by atoms with Gasteiger partial charge in [0.2, 0.25) is 11.8 Å². The molecule has 2 aromatic heterocycles. The van der Waals surface area contributed by atoms with Gasteiger partial charge in [0.15, 0.2) is 11.6 Å². The highest BCUT2D eigenvalue weighted by molar-refractivity contribution is 6.03. The smallest absolute Gasteiger partial charge is 0.251 e. The Bertz CT molecular complexity index is 2870. The third-order valence-corrected chi connectivity index (χ3v) is 14.6. The van der Waals surface area contributed by atoms with Crippen LogP contribution in [0, 0.1) is 5.41 Å². The average molecular weight is 898 g/mol. The first kappa shape index (κ1) is 42.6. The maximum Gasteiger partial charge on any atom is 0.251 e. The van der Waals surface area contributed by atoms with Gasteiger partial charge in [-0.2, -0.15) is 10.2 Å². The molecule has 11 nitrogen and oxygen atoms in total. The number of hydrogen-bond donors (Lipinski definition) is 0. The molecule has 4 aliphatic heterocycles. The summed E-state index contributed by atoms with van der Waals surface area (Å²) in [6.45, 7) is 3.54. The van der Waals surface area contributed by atoms with Crippen LogP contribution in [0.1, 0.15) is 54.4 Å². The molecule has 2 amide bonds. The second-order valence-electron chi connectivity index (χ2n) is 18.7. The van der Waals surface area contributed by atoms with Crippen LogP contribution in [0.2, 0.25) is 0 Å².